The largest absolute Gasteiger partial charge is 0.344 e. The van der Waals surface area contributed by atoms with E-state index in [1.807, 2.05) is 26.0 Å². The first kappa shape index (κ1) is 20.7. The molecule has 7 heteroatoms. The molecule has 3 aromatic heterocycles. The van der Waals surface area contributed by atoms with Gasteiger partial charge < -0.3 is 9.88 Å². The van der Waals surface area contributed by atoms with Crippen molar-refractivity contribution in [2.75, 3.05) is 13.1 Å². The molecule has 30 heavy (non-hydrogen) atoms. The first-order valence-corrected chi connectivity index (χ1v) is 11.6. The second-order valence-corrected chi connectivity index (χ2v) is 9.33. The molecule has 0 aliphatic heterocycles. The van der Waals surface area contributed by atoms with Crippen molar-refractivity contribution in [3.63, 3.8) is 0 Å². The first-order valence-electron chi connectivity index (χ1n) is 10.7. The number of aromatic nitrogens is 3. The third-order valence-corrected chi connectivity index (χ3v) is 7.35. The highest BCUT2D eigenvalue weighted by atomic mass is 32.1. The summed E-state index contributed by atoms with van der Waals surface area (Å²) in [6.07, 6.45) is 8.70. The van der Waals surface area contributed by atoms with Crippen LogP contribution in [0, 0.1) is 5.41 Å². The number of thiophene rings is 1. The van der Waals surface area contributed by atoms with Crippen LogP contribution in [0.1, 0.15) is 72.9 Å². The van der Waals surface area contributed by atoms with E-state index < -0.39 is 0 Å². The standard InChI is InChI=1S/C23H28N4O2S/c1-4-27(5-2)22(29)18-10-9-17(30-18)16-14-25-21-19(26-16)15(13-24-21)20(28)23(3)11-7-6-8-12-23/h9-10,13-14H,4-8,11-12H2,1-3H3,(H,24,25). The molecule has 3 heterocycles. The summed E-state index contributed by atoms with van der Waals surface area (Å²) in [5.74, 6) is 0.191. The minimum atomic E-state index is -0.322. The maximum absolute atomic E-state index is 13.3. The molecule has 1 fully saturated rings. The molecule has 0 atom stereocenters. The first-order chi connectivity index (χ1) is 14.5. The minimum Gasteiger partial charge on any atom is -0.344 e. The summed E-state index contributed by atoms with van der Waals surface area (Å²) >= 11 is 1.42. The van der Waals surface area contributed by atoms with E-state index in [1.165, 1.54) is 17.8 Å². The van der Waals surface area contributed by atoms with Gasteiger partial charge in [-0.1, -0.05) is 26.2 Å². The number of H-pyrrole nitrogens is 1. The molecule has 3 aromatic rings. The van der Waals surface area contributed by atoms with Crippen molar-refractivity contribution < 1.29 is 9.59 Å². The van der Waals surface area contributed by atoms with Crippen LogP contribution in [0.4, 0.5) is 0 Å². The fourth-order valence-corrected chi connectivity index (χ4v) is 5.25. The molecule has 1 aliphatic carbocycles. The van der Waals surface area contributed by atoms with Crippen molar-refractivity contribution >= 4 is 34.2 Å². The van der Waals surface area contributed by atoms with E-state index in [4.69, 9.17) is 4.98 Å². The van der Waals surface area contributed by atoms with Gasteiger partial charge in [-0.2, -0.15) is 0 Å². The number of amides is 1. The smallest absolute Gasteiger partial charge is 0.263 e. The third-order valence-electron chi connectivity index (χ3n) is 6.25. The molecule has 0 radical (unpaired) electrons. The normalized spacial score (nSPS) is 16.0. The Bertz CT molecular complexity index is 1070. The van der Waals surface area contributed by atoms with Crippen LogP contribution in [0.25, 0.3) is 21.7 Å². The summed E-state index contributed by atoms with van der Waals surface area (Å²) in [6, 6.07) is 3.76. The molecule has 158 valence electrons. The summed E-state index contributed by atoms with van der Waals surface area (Å²) < 4.78 is 0. The van der Waals surface area contributed by atoms with Crippen molar-refractivity contribution in [1.29, 1.82) is 0 Å². The molecular weight excluding hydrogens is 396 g/mol. The van der Waals surface area contributed by atoms with Crippen LogP contribution in [0.15, 0.2) is 24.5 Å². The zero-order chi connectivity index (χ0) is 21.3. The van der Waals surface area contributed by atoms with Crippen molar-refractivity contribution in [2.24, 2.45) is 5.41 Å². The Kier molecular flexibility index (Phi) is 5.73. The molecule has 0 aromatic carbocycles. The molecule has 0 saturated heterocycles. The van der Waals surface area contributed by atoms with Gasteiger partial charge in [0.15, 0.2) is 11.4 Å². The summed E-state index contributed by atoms with van der Waals surface area (Å²) in [6.45, 7) is 7.40. The van der Waals surface area contributed by atoms with Gasteiger partial charge in [0.2, 0.25) is 0 Å². The van der Waals surface area contributed by atoms with E-state index in [0.29, 0.717) is 40.4 Å². The molecular formula is C23H28N4O2S. The van der Waals surface area contributed by atoms with E-state index in [0.717, 1.165) is 30.6 Å². The van der Waals surface area contributed by atoms with Gasteiger partial charge in [0.1, 0.15) is 5.52 Å². The van der Waals surface area contributed by atoms with Crippen LogP contribution in [0.2, 0.25) is 0 Å². The second-order valence-electron chi connectivity index (χ2n) is 8.25. The quantitative estimate of drug-likeness (QED) is 0.543. The molecule has 0 spiro atoms. The molecule has 0 bridgehead atoms. The Morgan fingerprint density at radius 3 is 2.60 bits per heavy atom. The Morgan fingerprint density at radius 2 is 1.90 bits per heavy atom. The highest BCUT2D eigenvalue weighted by molar-refractivity contribution is 7.17. The lowest BCUT2D eigenvalue weighted by Crippen LogP contribution is -2.30. The van der Waals surface area contributed by atoms with E-state index in [1.54, 1.807) is 17.3 Å². The van der Waals surface area contributed by atoms with Crippen LogP contribution in [0.3, 0.4) is 0 Å². The van der Waals surface area contributed by atoms with Crippen LogP contribution in [-0.4, -0.2) is 44.6 Å². The molecule has 1 amide bonds. The zero-order valence-corrected chi connectivity index (χ0v) is 18.6. The van der Waals surface area contributed by atoms with Crippen molar-refractivity contribution in [3.05, 3.63) is 35.0 Å². The number of carbonyl (C=O) groups is 2. The number of rotatable bonds is 6. The number of hydrogen-bond acceptors (Lipinski definition) is 5. The van der Waals surface area contributed by atoms with E-state index in [2.05, 4.69) is 16.9 Å². The molecule has 4 rings (SSSR count). The lowest BCUT2D eigenvalue weighted by atomic mass is 9.71. The molecule has 6 nitrogen and oxygen atoms in total. The number of aromatic amines is 1. The van der Waals surface area contributed by atoms with Gasteiger partial charge in [-0.25, -0.2) is 9.97 Å². The second kappa shape index (κ2) is 8.30. The maximum atomic E-state index is 13.3. The van der Waals surface area contributed by atoms with Gasteiger partial charge in [-0.3, -0.25) is 9.59 Å². The summed E-state index contributed by atoms with van der Waals surface area (Å²) in [5.41, 5.74) is 2.23. The monoisotopic (exact) mass is 424 g/mol. The Labute approximate surface area is 180 Å². The summed E-state index contributed by atoms with van der Waals surface area (Å²) in [7, 11) is 0. The predicted octanol–water partition coefficient (Wildman–Crippen LogP) is 5.32. The molecule has 1 aliphatic rings. The summed E-state index contributed by atoms with van der Waals surface area (Å²) in [4.78, 5) is 41.7. The van der Waals surface area contributed by atoms with E-state index >= 15 is 0 Å². The number of nitrogens with one attached hydrogen (secondary N) is 1. The molecule has 1 N–H and O–H groups in total. The summed E-state index contributed by atoms with van der Waals surface area (Å²) in [5, 5.41) is 0. The molecule has 0 unspecified atom stereocenters. The fourth-order valence-electron chi connectivity index (χ4n) is 4.32. The SMILES string of the molecule is CCN(CC)C(=O)c1ccc(-c2cnc3[nH]cc(C(=O)C4(C)CCCCC4)c3n2)s1. The maximum Gasteiger partial charge on any atom is 0.263 e. The van der Waals surface area contributed by atoms with Crippen LogP contribution in [-0.2, 0) is 0 Å². The topological polar surface area (TPSA) is 79.0 Å². The fraction of sp³-hybridized carbons (Fsp3) is 0.478. The zero-order valence-electron chi connectivity index (χ0n) is 17.8. The van der Waals surface area contributed by atoms with Crippen LogP contribution >= 0.6 is 11.3 Å². The molecule has 1 saturated carbocycles. The van der Waals surface area contributed by atoms with Crippen LogP contribution in [0.5, 0.6) is 0 Å². The average molecular weight is 425 g/mol. The van der Waals surface area contributed by atoms with Gasteiger partial charge in [-0.15, -0.1) is 11.3 Å². The number of fused-ring (bicyclic) bond motifs is 1. The van der Waals surface area contributed by atoms with Crippen molar-refractivity contribution in [1.82, 2.24) is 19.9 Å². The number of Topliss-reactive ketones (excluding diaryl/α,β-unsaturated/α-hetero) is 1. The van der Waals surface area contributed by atoms with Crippen LogP contribution < -0.4 is 0 Å². The highest BCUT2D eigenvalue weighted by Gasteiger charge is 2.36. The third kappa shape index (κ3) is 3.67. The van der Waals surface area contributed by atoms with Gasteiger partial charge in [0.05, 0.1) is 27.2 Å². The highest BCUT2D eigenvalue weighted by Crippen LogP contribution is 2.40. The van der Waals surface area contributed by atoms with Gasteiger partial charge in [0.25, 0.3) is 5.91 Å². The van der Waals surface area contributed by atoms with E-state index in [-0.39, 0.29) is 17.1 Å². The number of ketones is 1. The average Bonchev–Trinajstić information content (AvgIpc) is 3.41. The number of carbonyl (C=O) groups excluding carboxylic acids is 2. The predicted molar refractivity (Wildman–Crippen MR) is 120 cm³/mol. The van der Waals surface area contributed by atoms with E-state index in [9.17, 15) is 9.59 Å². The Balaban J connectivity index is 1.67. The van der Waals surface area contributed by atoms with Gasteiger partial charge in [0, 0.05) is 24.7 Å². The van der Waals surface area contributed by atoms with Crippen molar-refractivity contribution in [2.45, 2.75) is 52.9 Å². The Hall–Kier alpha value is -2.54. The van der Waals surface area contributed by atoms with Gasteiger partial charge >= 0.3 is 0 Å². The lowest BCUT2D eigenvalue weighted by molar-refractivity contribution is 0.0749. The number of hydrogen-bond donors (Lipinski definition) is 1. The Morgan fingerprint density at radius 1 is 1.17 bits per heavy atom. The minimum absolute atomic E-state index is 0.0352. The van der Waals surface area contributed by atoms with Crippen molar-refractivity contribution in [3.8, 4) is 10.6 Å². The lowest BCUT2D eigenvalue weighted by Gasteiger charge is -2.31. The van der Waals surface area contributed by atoms with Gasteiger partial charge in [-0.05, 0) is 38.8 Å². The number of nitrogens with zero attached hydrogens (tertiary/aromatic N) is 3.